The first-order valence-corrected chi connectivity index (χ1v) is 13.2. The van der Waals surface area contributed by atoms with E-state index in [2.05, 4.69) is 48.1 Å². The number of rotatable bonds is 6. The van der Waals surface area contributed by atoms with Crippen molar-refractivity contribution in [1.82, 2.24) is 15.1 Å². The monoisotopic (exact) mass is 542 g/mol. The summed E-state index contributed by atoms with van der Waals surface area (Å²) in [6.45, 7) is 7.63. The summed E-state index contributed by atoms with van der Waals surface area (Å²) in [5.74, 6) is 0. The fourth-order valence-corrected chi connectivity index (χ4v) is 5.80. The van der Waals surface area contributed by atoms with Crippen LogP contribution in [0.25, 0.3) is 11.1 Å². The summed E-state index contributed by atoms with van der Waals surface area (Å²) >= 11 is 19.8. The third-order valence-corrected chi connectivity index (χ3v) is 8.15. The minimum absolute atomic E-state index is 0.262. The second-order valence-electron chi connectivity index (χ2n) is 9.79. The van der Waals surface area contributed by atoms with E-state index in [1.54, 1.807) is 23.1 Å². The number of likely N-dealkylation sites (tertiary alicyclic amines) is 1. The molecule has 5 nitrogen and oxygen atoms in total. The van der Waals surface area contributed by atoms with Crippen molar-refractivity contribution in [3.63, 3.8) is 0 Å². The molecule has 2 amide bonds. The summed E-state index contributed by atoms with van der Waals surface area (Å²) in [5, 5.41) is 4.49. The first-order valence-electron chi connectivity index (χ1n) is 12.1. The molecule has 0 spiro atoms. The largest absolute Gasteiger partial charge is 0.333 e. The van der Waals surface area contributed by atoms with Crippen LogP contribution >= 0.6 is 34.8 Å². The minimum atomic E-state index is -0.262. The van der Waals surface area contributed by atoms with Crippen LogP contribution in [0.15, 0.2) is 54.6 Å². The van der Waals surface area contributed by atoms with Crippen LogP contribution in [0.2, 0.25) is 15.1 Å². The summed E-state index contributed by atoms with van der Waals surface area (Å²) in [7, 11) is 2.19. The van der Waals surface area contributed by atoms with Crippen molar-refractivity contribution in [2.75, 3.05) is 25.0 Å². The van der Waals surface area contributed by atoms with E-state index < -0.39 is 0 Å². The molecule has 2 aliphatic rings. The average molecular weight is 544 g/mol. The molecule has 0 saturated carbocycles. The van der Waals surface area contributed by atoms with Crippen molar-refractivity contribution >= 4 is 52.2 Å². The van der Waals surface area contributed by atoms with Gasteiger partial charge in [0.2, 0.25) is 0 Å². The number of anilines is 2. The summed E-state index contributed by atoms with van der Waals surface area (Å²) in [6.07, 6.45) is 0. The Morgan fingerprint density at radius 2 is 1.64 bits per heavy atom. The predicted octanol–water partition coefficient (Wildman–Crippen LogP) is 7.20. The van der Waals surface area contributed by atoms with Crippen LogP contribution < -0.4 is 10.2 Å². The Kier molecular flexibility index (Phi) is 7.21. The predicted molar refractivity (Wildman–Crippen MR) is 150 cm³/mol. The van der Waals surface area contributed by atoms with Crippen LogP contribution in [-0.2, 0) is 13.1 Å². The maximum absolute atomic E-state index is 13.2. The van der Waals surface area contributed by atoms with E-state index >= 15 is 0 Å². The number of urea groups is 1. The van der Waals surface area contributed by atoms with Crippen molar-refractivity contribution in [3.8, 4) is 11.1 Å². The molecule has 0 radical (unpaired) electrons. The first-order chi connectivity index (χ1) is 17.2. The van der Waals surface area contributed by atoms with E-state index in [0.29, 0.717) is 39.4 Å². The molecule has 3 aromatic rings. The van der Waals surface area contributed by atoms with Crippen molar-refractivity contribution in [2.24, 2.45) is 0 Å². The van der Waals surface area contributed by atoms with Gasteiger partial charge in [0.15, 0.2) is 0 Å². The highest BCUT2D eigenvalue weighted by Crippen LogP contribution is 2.45. The maximum Gasteiger partial charge on any atom is 0.326 e. The third-order valence-electron chi connectivity index (χ3n) is 7.21. The Morgan fingerprint density at radius 3 is 2.31 bits per heavy atom. The zero-order valence-electron chi connectivity index (χ0n) is 20.6. The third kappa shape index (κ3) is 4.71. The normalized spacial score (nSPS) is 16.3. The van der Waals surface area contributed by atoms with Gasteiger partial charge in [0.1, 0.15) is 0 Å². The van der Waals surface area contributed by atoms with Gasteiger partial charge in [-0.15, -0.1) is 0 Å². The number of amides is 2. The number of likely N-dealkylation sites (N-methyl/N-ethyl adjacent to an activating group) is 1. The highest BCUT2D eigenvalue weighted by atomic mass is 35.5. The highest BCUT2D eigenvalue weighted by Gasteiger charge is 2.34. The number of carbonyl (C=O) groups excluding carboxylic acids is 1. The smallest absolute Gasteiger partial charge is 0.326 e. The topological polar surface area (TPSA) is 38.8 Å². The van der Waals surface area contributed by atoms with Crippen molar-refractivity contribution in [2.45, 2.75) is 39.0 Å². The second kappa shape index (κ2) is 10.2. The number of nitrogens with zero attached hydrogens (tertiary/aromatic N) is 3. The van der Waals surface area contributed by atoms with Gasteiger partial charge in [0.25, 0.3) is 0 Å². The van der Waals surface area contributed by atoms with Gasteiger partial charge in [0.05, 0.1) is 21.4 Å². The number of fused-ring (bicyclic) bond motifs is 1. The van der Waals surface area contributed by atoms with Crippen LogP contribution in [0.5, 0.6) is 0 Å². The molecule has 36 heavy (non-hydrogen) atoms. The fourth-order valence-electron chi connectivity index (χ4n) is 5.00. The lowest BCUT2D eigenvalue weighted by atomic mass is 9.93. The number of hydrogen-bond donors (Lipinski definition) is 1. The van der Waals surface area contributed by atoms with E-state index in [1.165, 1.54) is 0 Å². The molecule has 0 aliphatic carbocycles. The van der Waals surface area contributed by atoms with Gasteiger partial charge >= 0.3 is 6.03 Å². The summed E-state index contributed by atoms with van der Waals surface area (Å²) in [6, 6.07) is 18.2. The van der Waals surface area contributed by atoms with Crippen LogP contribution in [0.3, 0.4) is 0 Å². The highest BCUT2D eigenvalue weighted by molar-refractivity contribution is 6.40. The van der Waals surface area contributed by atoms with Gasteiger partial charge in [-0.25, -0.2) is 4.79 Å². The standard InChI is InChI=1S/C28H29Cl3N4O/c1-17(2)33(3)19-15-34(16-19)14-18-11-21(20-7-4-5-8-23(20)29)22-13-32-28(36)35(26(22)12-18)27-24(30)9-6-10-25(27)31/h4-12,17,19H,13-16H2,1-3H3,(H,32,36). The summed E-state index contributed by atoms with van der Waals surface area (Å²) < 4.78 is 0. The van der Waals surface area contributed by atoms with E-state index in [9.17, 15) is 4.79 Å². The van der Waals surface area contributed by atoms with Crippen LogP contribution in [0.4, 0.5) is 16.2 Å². The van der Waals surface area contributed by atoms with Crippen LogP contribution in [0.1, 0.15) is 25.0 Å². The van der Waals surface area contributed by atoms with Gasteiger partial charge < -0.3 is 5.32 Å². The molecule has 0 atom stereocenters. The molecule has 3 aromatic carbocycles. The molecular weight excluding hydrogens is 515 g/mol. The van der Waals surface area contributed by atoms with E-state index in [1.807, 2.05) is 24.3 Å². The lowest BCUT2D eigenvalue weighted by molar-refractivity contribution is 0.0280. The van der Waals surface area contributed by atoms with Crippen molar-refractivity contribution in [3.05, 3.63) is 80.8 Å². The molecule has 2 heterocycles. The molecule has 5 rings (SSSR count). The number of para-hydroxylation sites is 1. The lowest BCUT2D eigenvalue weighted by Gasteiger charge is -2.45. The van der Waals surface area contributed by atoms with Gasteiger partial charge in [-0.1, -0.05) is 59.1 Å². The molecule has 0 unspecified atom stereocenters. The SMILES string of the molecule is CC(C)N(C)C1CN(Cc2cc(-c3ccccc3Cl)c3c(c2)N(c2c(Cl)cccc2Cl)C(=O)NC3)C1. The Morgan fingerprint density at radius 1 is 0.972 bits per heavy atom. The van der Waals surface area contributed by atoms with Gasteiger partial charge in [0, 0.05) is 54.4 Å². The van der Waals surface area contributed by atoms with Gasteiger partial charge in [-0.2, -0.15) is 0 Å². The second-order valence-corrected chi connectivity index (χ2v) is 11.0. The van der Waals surface area contributed by atoms with Crippen molar-refractivity contribution in [1.29, 1.82) is 0 Å². The molecule has 2 aliphatic heterocycles. The van der Waals surface area contributed by atoms with E-state index in [-0.39, 0.29) is 6.03 Å². The molecule has 1 fully saturated rings. The first kappa shape index (κ1) is 25.4. The van der Waals surface area contributed by atoms with E-state index in [4.69, 9.17) is 34.8 Å². The number of benzene rings is 3. The Balaban J connectivity index is 1.59. The van der Waals surface area contributed by atoms with E-state index in [0.717, 1.165) is 47.6 Å². The Hall–Kier alpha value is -2.28. The molecule has 1 N–H and O–H groups in total. The van der Waals surface area contributed by atoms with Gasteiger partial charge in [-0.3, -0.25) is 14.7 Å². The van der Waals surface area contributed by atoms with Crippen LogP contribution in [0, 0.1) is 0 Å². The van der Waals surface area contributed by atoms with Gasteiger partial charge in [-0.05, 0) is 62.4 Å². The summed E-state index contributed by atoms with van der Waals surface area (Å²) in [4.78, 5) is 19.7. The minimum Gasteiger partial charge on any atom is -0.333 e. The van der Waals surface area contributed by atoms with Crippen LogP contribution in [-0.4, -0.2) is 48.1 Å². The maximum atomic E-state index is 13.2. The lowest BCUT2D eigenvalue weighted by Crippen LogP contribution is -2.59. The quantitative estimate of drug-likeness (QED) is 0.357. The molecule has 1 saturated heterocycles. The molecule has 8 heteroatoms. The Bertz CT molecular complexity index is 1290. The zero-order chi connectivity index (χ0) is 25.6. The molecule has 188 valence electrons. The average Bonchev–Trinajstić information content (AvgIpc) is 2.81. The Labute approximate surface area is 227 Å². The summed E-state index contributed by atoms with van der Waals surface area (Å²) in [5.41, 5.74) is 5.26. The number of carbonyl (C=O) groups is 1. The zero-order valence-corrected chi connectivity index (χ0v) is 22.8. The molecule has 0 aromatic heterocycles. The number of hydrogen-bond acceptors (Lipinski definition) is 3. The molecular formula is C28H29Cl3N4O. The molecule has 0 bridgehead atoms. The van der Waals surface area contributed by atoms with Crippen molar-refractivity contribution < 1.29 is 4.79 Å². The number of nitrogens with one attached hydrogen (secondary N) is 1. The number of halogens is 3. The fraction of sp³-hybridized carbons (Fsp3) is 0.321.